The Balaban J connectivity index is 1.63. The van der Waals surface area contributed by atoms with Crippen LogP contribution in [0.4, 0.5) is 0 Å². The zero-order chi connectivity index (χ0) is 14.3. The summed E-state index contributed by atoms with van der Waals surface area (Å²) in [6.07, 6.45) is 9.72. The van der Waals surface area contributed by atoms with E-state index >= 15 is 0 Å². The minimum Gasteiger partial charge on any atom is -0.332 e. The summed E-state index contributed by atoms with van der Waals surface area (Å²) in [5.74, 6) is 0. The molecule has 4 nitrogen and oxygen atoms in total. The number of nitrogens with zero attached hydrogens (tertiary/aromatic N) is 3. The summed E-state index contributed by atoms with van der Waals surface area (Å²) in [7, 11) is 0. The summed E-state index contributed by atoms with van der Waals surface area (Å²) in [4.78, 5) is 4.57. The van der Waals surface area contributed by atoms with Crippen LogP contribution in [0, 0.1) is 16.7 Å². The van der Waals surface area contributed by atoms with Gasteiger partial charge in [0.15, 0.2) is 0 Å². The van der Waals surface area contributed by atoms with Crippen LogP contribution in [-0.4, -0.2) is 15.6 Å². The van der Waals surface area contributed by atoms with Gasteiger partial charge in [0.2, 0.25) is 0 Å². The molecule has 2 fully saturated rings. The van der Waals surface area contributed by atoms with Gasteiger partial charge >= 0.3 is 0 Å². The van der Waals surface area contributed by atoms with Gasteiger partial charge in [-0.25, -0.2) is 4.98 Å². The van der Waals surface area contributed by atoms with Gasteiger partial charge in [0.25, 0.3) is 0 Å². The Bertz CT molecular complexity index is 701. The molecule has 108 valence electrons. The van der Waals surface area contributed by atoms with Gasteiger partial charge in [-0.2, -0.15) is 5.26 Å². The Kier molecular flexibility index (Phi) is 2.97. The molecule has 0 unspecified atom stereocenters. The molecule has 2 aliphatic carbocycles. The van der Waals surface area contributed by atoms with Crippen molar-refractivity contribution in [2.45, 2.75) is 51.2 Å². The Morgan fingerprint density at radius 3 is 3.00 bits per heavy atom. The van der Waals surface area contributed by atoms with Crippen molar-refractivity contribution in [3.8, 4) is 6.07 Å². The summed E-state index contributed by atoms with van der Waals surface area (Å²) in [6, 6.07) is 7.23. The summed E-state index contributed by atoms with van der Waals surface area (Å²) < 4.78 is 2.27. The fourth-order valence-electron chi connectivity index (χ4n) is 3.10. The van der Waals surface area contributed by atoms with E-state index in [1.165, 1.54) is 36.6 Å². The number of rotatable bonds is 6. The number of pyridine rings is 1. The molecule has 2 aliphatic rings. The molecule has 4 rings (SSSR count). The number of hydrogen-bond acceptors (Lipinski definition) is 3. The monoisotopic (exact) mass is 280 g/mol. The van der Waals surface area contributed by atoms with Crippen LogP contribution in [0.1, 0.15) is 37.7 Å². The van der Waals surface area contributed by atoms with Gasteiger partial charge in [0.1, 0.15) is 5.65 Å². The maximum absolute atomic E-state index is 9.01. The highest BCUT2D eigenvalue weighted by Gasteiger charge is 2.43. The molecule has 0 bridgehead atoms. The van der Waals surface area contributed by atoms with Gasteiger partial charge in [-0.3, -0.25) is 0 Å². The van der Waals surface area contributed by atoms with Gasteiger partial charge in [-0.15, -0.1) is 0 Å². The van der Waals surface area contributed by atoms with E-state index in [-0.39, 0.29) is 5.41 Å². The molecule has 0 atom stereocenters. The predicted molar refractivity (Wildman–Crippen MR) is 81.5 cm³/mol. The summed E-state index contributed by atoms with van der Waals surface area (Å²) in [6.45, 7) is 1.85. The van der Waals surface area contributed by atoms with Crippen LogP contribution in [0.2, 0.25) is 0 Å². The van der Waals surface area contributed by atoms with Crippen molar-refractivity contribution in [1.29, 1.82) is 5.26 Å². The molecule has 2 heterocycles. The Morgan fingerprint density at radius 2 is 2.29 bits per heavy atom. The average molecular weight is 280 g/mol. The van der Waals surface area contributed by atoms with Gasteiger partial charge in [0.05, 0.1) is 6.07 Å². The molecule has 21 heavy (non-hydrogen) atoms. The minimum absolute atomic E-state index is 0.208. The molecule has 4 heteroatoms. The van der Waals surface area contributed by atoms with Gasteiger partial charge in [0, 0.05) is 48.7 Å². The fraction of sp³-hybridized carbons (Fsp3) is 0.529. The average Bonchev–Trinajstić information content (AvgIpc) is 3.40. The lowest BCUT2D eigenvalue weighted by Crippen LogP contribution is -2.15. The van der Waals surface area contributed by atoms with E-state index in [0.29, 0.717) is 12.5 Å². The molecule has 0 aromatic carbocycles. The lowest BCUT2D eigenvalue weighted by Gasteiger charge is -2.12. The molecule has 0 spiro atoms. The van der Waals surface area contributed by atoms with E-state index in [9.17, 15) is 0 Å². The van der Waals surface area contributed by atoms with Crippen LogP contribution in [-0.2, 0) is 13.1 Å². The second kappa shape index (κ2) is 4.85. The van der Waals surface area contributed by atoms with Crippen LogP contribution >= 0.6 is 0 Å². The molecule has 1 N–H and O–H groups in total. The highest BCUT2D eigenvalue weighted by Crippen LogP contribution is 2.50. The maximum atomic E-state index is 9.01. The van der Waals surface area contributed by atoms with Crippen molar-refractivity contribution in [3.05, 3.63) is 30.1 Å². The first-order chi connectivity index (χ1) is 10.3. The van der Waals surface area contributed by atoms with Crippen LogP contribution in [0.15, 0.2) is 24.5 Å². The number of nitriles is 1. The third-order valence-electron chi connectivity index (χ3n) is 4.79. The van der Waals surface area contributed by atoms with Gasteiger partial charge in [-0.1, -0.05) is 0 Å². The van der Waals surface area contributed by atoms with E-state index in [4.69, 9.17) is 5.26 Å². The van der Waals surface area contributed by atoms with Gasteiger partial charge < -0.3 is 9.88 Å². The summed E-state index contributed by atoms with van der Waals surface area (Å²) >= 11 is 0. The first kappa shape index (κ1) is 12.8. The van der Waals surface area contributed by atoms with E-state index < -0.39 is 0 Å². The van der Waals surface area contributed by atoms with Crippen LogP contribution in [0.3, 0.4) is 0 Å². The molecule has 2 saturated carbocycles. The maximum Gasteiger partial charge on any atom is 0.140 e. The number of hydrogen-bond donors (Lipinski definition) is 1. The van der Waals surface area contributed by atoms with E-state index in [1.807, 2.05) is 12.3 Å². The van der Waals surface area contributed by atoms with E-state index in [1.54, 1.807) is 0 Å². The molecule has 2 aromatic rings. The highest BCUT2D eigenvalue weighted by molar-refractivity contribution is 5.80. The van der Waals surface area contributed by atoms with Gasteiger partial charge in [-0.05, 0) is 43.4 Å². The molecule has 0 radical (unpaired) electrons. The van der Waals surface area contributed by atoms with Crippen molar-refractivity contribution in [1.82, 2.24) is 14.9 Å². The quantitative estimate of drug-likeness (QED) is 0.885. The first-order valence-corrected chi connectivity index (χ1v) is 7.83. The second-order valence-electron chi connectivity index (χ2n) is 6.65. The Morgan fingerprint density at radius 1 is 1.43 bits per heavy atom. The number of nitrogens with one attached hydrogen (secondary N) is 1. The lowest BCUT2D eigenvalue weighted by atomic mass is 10.0. The smallest absolute Gasteiger partial charge is 0.140 e. The van der Waals surface area contributed by atoms with Crippen molar-refractivity contribution < 1.29 is 0 Å². The van der Waals surface area contributed by atoms with Crippen molar-refractivity contribution in [2.24, 2.45) is 5.41 Å². The van der Waals surface area contributed by atoms with E-state index in [0.717, 1.165) is 18.7 Å². The van der Waals surface area contributed by atoms with Crippen molar-refractivity contribution in [3.63, 3.8) is 0 Å². The first-order valence-electron chi connectivity index (χ1n) is 7.83. The van der Waals surface area contributed by atoms with Crippen LogP contribution in [0.5, 0.6) is 0 Å². The van der Waals surface area contributed by atoms with Crippen molar-refractivity contribution >= 4 is 11.0 Å². The molecular weight excluding hydrogens is 260 g/mol. The largest absolute Gasteiger partial charge is 0.332 e. The number of fused-ring (bicyclic) bond motifs is 1. The third-order valence-corrected chi connectivity index (χ3v) is 4.79. The molecule has 0 saturated heterocycles. The van der Waals surface area contributed by atoms with Crippen LogP contribution < -0.4 is 5.32 Å². The molecule has 0 aliphatic heterocycles. The molecular formula is C17H20N4. The standard InChI is InChI=1S/C17H20N4/c18-8-7-17(5-6-17)12-21-11-13(10-20-14-3-4-14)15-2-1-9-19-16(15)21/h1-2,9,11,14,20H,3-7,10,12H2. The zero-order valence-corrected chi connectivity index (χ0v) is 12.2. The lowest BCUT2D eigenvalue weighted by molar-refractivity contribution is 0.437. The number of aromatic nitrogens is 2. The molecule has 2 aromatic heterocycles. The Labute approximate surface area is 124 Å². The topological polar surface area (TPSA) is 53.6 Å². The summed E-state index contributed by atoms with van der Waals surface area (Å²) in [5.41, 5.74) is 2.60. The molecule has 0 amide bonds. The Hall–Kier alpha value is -1.86. The second-order valence-corrected chi connectivity index (χ2v) is 6.65. The summed E-state index contributed by atoms with van der Waals surface area (Å²) in [5, 5.41) is 13.8. The zero-order valence-electron chi connectivity index (χ0n) is 12.2. The van der Waals surface area contributed by atoms with E-state index in [2.05, 4.69) is 33.2 Å². The predicted octanol–water partition coefficient (Wildman–Crippen LogP) is 2.98. The SMILES string of the molecule is N#CCC1(Cn2cc(CNC3CC3)c3cccnc32)CC1. The fourth-order valence-corrected chi connectivity index (χ4v) is 3.10. The normalized spacial score (nSPS) is 19.6. The highest BCUT2D eigenvalue weighted by atomic mass is 15.0. The van der Waals surface area contributed by atoms with Crippen molar-refractivity contribution in [2.75, 3.05) is 0 Å². The minimum atomic E-state index is 0.208. The third kappa shape index (κ3) is 2.54. The van der Waals surface area contributed by atoms with Crippen LogP contribution in [0.25, 0.3) is 11.0 Å².